The van der Waals surface area contributed by atoms with Crippen molar-refractivity contribution >= 4 is 43.5 Å². The third-order valence-corrected chi connectivity index (χ3v) is 4.44. The molecule has 2 rings (SSSR count). The van der Waals surface area contributed by atoms with Crippen molar-refractivity contribution in [3.8, 4) is 5.75 Å². The third kappa shape index (κ3) is 2.65. The second-order valence-electron chi connectivity index (χ2n) is 4.05. The number of methoxy groups -OCH3 is 1. The molecule has 0 aliphatic carbocycles. The Morgan fingerprint density at radius 3 is 2.88 bits per heavy atom. The van der Waals surface area contributed by atoms with Crippen molar-refractivity contribution in [1.29, 1.82) is 0 Å². The van der Waals surface area contributed by atoms with Crippen LogP contribution in [0, 0.1) is 5.92 Å². The Kier molecular flexibility index (Phi) is 4.09. The number of anilines is 1. The quantitative estimate of drug-likeness (QED) is 0.772. The highest BCUT2D eigenvalue weighted by molar-refractivity contribution is 9.10. The predicted molar refractivity (Wildman–Crippen MR) is 74.9 cm³/mol. The molecule has 1 unspecified atom stereocenters. The first-order chi connectivity index (χ1) is 8.15. The number of amides is 1. The summed E-state index contributed by atoms with van der Waals surface area (Å²) >= 11 is 6.84. The molecule has 1 amide bonds. The number of hydrogen-bond donors (Lipinski definition) is 0. The van der Waals surface area contributed by atoms with Crippen LogP contribution in [0.3, 0.4) is 0 Å². The molecule has 0 radical (unpaired) electrons. The normalized spacial score (nSPS) is 19.8. The average molecular weight is 363 g/mol. The van der Waals surface area contributed by atoms with E-state index in [-0.39, 0.29) is 5.91 Å². The summed E-state index contributed by atoms with van der Waals surface area (Å²) < 4.78 is 6.14. The lowest BCUT2D eigenvalue weighted by atomic mass is 10.2. The molecule has 0 spiro atoms. The Bertz CT molecular complexity index is 437. The number of ether oxygens (including phenoxy) is 1. The molecule has 1 aliphatic rings. The molecule has 0 aromatic heterocycles. The minimum absolute atomic E-state index is 0.179. The fourth-order valence-electron chi connectivity index (χ4n) is 1.95. The van der Waals surface area contributed by atoms with Gasteiger partial charge in [0.15, 0.2) is 0 Å². The van der Waals surface area contributed by atoms with Gasteiger partial charge in [0, 0.05) is 30.0 Å². The molecular weight excluding hydrogens is 350 g/mol. The lowest BCUT2D eigenvalue weighted by molar-refractivity contribution is -0.117. The maximum Gasteiger partial charge on any atom is 0.227 e. The Morgan fingerprint density at radius 2 is 2.29 bits per heavy atom. The SMILES string of the molecule is COc1cc(N2CC(CBr)CC2=O)ccc1Br. The standard InChI is InChI=1S/C12H13Br2NO2/c1-17-11-5-9(2-3-10(11)14)15-7-8(6-13)4-12(15)16/h2-3,5,8H,4,6-7H2,1H3. The lowest BCUT2D eigenvalue weighted by Gasteiger charge is -2.17. The number of hydrogen-bond acceptors (Lipinski definition) is 2. The van der Waals surface area contributed by atoms with Crippen molar-refractivity contribution in [2.75, 3.05) is 23.9 Å². The molecule has 92 valence electrons. The zero-order valence-electron chi connectivity index (χ0n) is 9.45. The van der Waals surface area contributed by atoms with Gasteiger partial charge in [-0.05, 0) is 34.0 Å². The zero-order chi connectivity index (χ0) is 12.4. The summed E-state index contributed by atoms with van der Waals surface area (Å²) in [6, 6.07) is 5.72. The maximum atomic E-state index is 11.9. The van der Waals surface area contributed by atoms with Gasteiger partial charge in [-0.15, -0.1) is 0 Å². The van der Waals surface area contributed by atoms with Gasteiger partial charge in [0.2, 0.25) is 5.91 Å². The fraction of sp³-hybridized carbons (Fsp3) is 0.417. The van der Waals surface area contributed by atoms with Crippen LogP contribution in [0.1, 0.15) is 6.42 Å². The molecule has 17 heavy (non-hydrogen) atoms. The zero-order valence-corrected chi connectivity index (χ0v) is 12.6. The van der Waals surface area contributed by atoms with E-state index in [1.54, 1.807) is 7.11 Å². The van der Waals surface area contributed by atoms with E-state index in [1.165, 1.54) is 0 Å². The maximum absolute atomic E-state index is 11.9. The number of rotatable bonds is 3. The molecule has 1 atom stereocenters. The second kappa shape index (κ2) is 5.40. The number of carbonyl (C=O) groups is 1. The first-order valence-corrected chi connectivity index (χ1v) is 7.27. The Balaban J connectivity index is 2.26. The molecule has 1 aliphatic heterocycles. The van der Waals surface area contributed by atoms with E-state index >= 15 is 0 Å². The summed E-state index contributed by atoms with van der Waals surface area (Å²) in [5.41, 5.74) is 0.901. The van der Waals surface area contributed by atoms with Crippen LogP contribution in [0.2, 0.25) is 0 Å². The Morgan fingerprint density at radius 1 is 1.53 bits per heavy atom. The number of nitrogens with zero attached hydrogens (tertiary/aromatic N) is 1. The molecule has 1 aromatic rings. The number of alkyl halides is 1. The lowest BCUT2D eigenvalue weighted by Crippen LogP contribution is -2.24. The van der Waals surface area contributed by atoms with E-state index in [4.69, 9.17) is 4.74 Å². The van der Waals surface area contributed by atoms with Crippen LogP contribution in [0.4, 0.5) is 5.69 Å². The van der Waals surface area contributed by atoms with Gasteiger partial charge in [-0.2, -0.15) is 0 Å². The molecule has 1 saturated heterocycles. The topological polar surface area (TPSA) is 29.5 Å². The van der Waals surface area contributed by atoms with Gasteiger partial charge < -0.3 is 9.64 Å². The molecule has 5 heteroatoms. The van der Waals surface area contributed by atoms with E-state index < -0.39 is 0 Å². The smallest absolute Gasteiger partial charge is 0.227 e. The minimum atomic E-state index is 0.179. The monoisotopic (exact) mass is 361 g/mol. The first kappa shape index (κ1) is 12.9. The Labute approximate surface area is 117 Å². The highest BCUT2D eigenvalue weighted by atomic mass is 79.9. The van der Waals surface area contributed by atoms with Gasteiger partial charge in [-0.25, -0.2) is 0 Å². The van der Waals surface area contributed by atoms with Crippen LogP contribution in [0.25, 0.3) is 0 Å². The number of benzene rings is 1. The van der Waals surface area contributed by atoms with Gasteiger partial charge in [-0.1, -0.05) is 15.9 Å². The molecule has 3 nitrogen and oxygen atoms in total. The van der Waals surface area contributed by atoms with Gasteiger partial charge >= 0.3 is 0 Å². The molecule has 1 fully saturated rings. The van der Waals surface area contributed by atoms with Gasteiger partial charge in [0.05, 0.1) is 11.6 Å². The van der Waals surface area contributed by atoms with Crippen LogP contribution < -0.4 is 9.64 Å². The van der Waals surface area contributed by atoms with E-state index in [1.807, 2.05) is 23.1 Å². The molecule has 0 bridgehead atoms. The fourth-order valence-corrected chi connectivity index (χ4v) is 2.79. The predicted octanol–water partition coefficient (Wildman–Crippen LogP) is 3.21. The van der Waals surface area contributed by atoms with Gasteiger partial charge in [-0.3, -0.25) is 4.79 Å². The number of carbonyl (C=O) groups excluding carboxylic acids is 1. The van der Waals surface area contributed by atoms with Crippen molar-refractivity contribution in [3.05, 3.63) is 22.7 Å². The molecule has 0 N–H and O–H groups in total. The van der Waals surface area contributed by atoms with Crippen LogP contribution in [-0.4, -0.2) is 24.9 Å². The summed E-state index contributed by atoms with van der Waals surface area (Å²) in [5, 5.41) is 0.864. The van der Waals surface area contributed by atoms with E-state index in [0.29, 0.717) is 12.3 Å². The summed E-state index contributed by atoms with van der Waals surface area (Å²) in [7, 11) is 1.62. The van der Waals surface area contributed by atoms with Crippen molar-refractivity contribution in [2.45, 2.75) is 6.42 Å². The molecule has 1 aromatic carbocycles. The summed E-state index contributed by atoms with van der Waals surface area (Å²) in [5.74, 6) is 1.33. The third-order valence-electron chi connectivity index (χ3n) is 2.87. The van der Waals surface area contributed by atoms with Crippen molar-refractivity contribution < 1.29 is 9.53 Å². The van der Waals surface area contributed by atoms with Gasteiger partial charge in [0.25, 0.3) is 0 Å². The van der Waals surface area contributed by atoms with Crippen LogP contribution in [0.5, 0.6) is 5.75 Å². The average Bonchev–Trinajstić information content (AvgIpc) is 2.71. The van der Waals surface area contributed by atoms with Crippen LogP contribution in [0.15, 0.2) is 22.7 Å². The highest BCUT2D eigenvalue weighted by Gasteiger charge is 2.30. The molecule has 1 heterocycles. The van der Waals surface area contributed by atoms with Crippen molar-refractivity contribution in [2.24, 2.45) is 5.92 Å². The van der Waals surface area contributed by atoms with Crippen molar-refractivity contribution in [1.82, 2.24) is 0 Å². The summed E-state index contributed by atoms with van der Waals surface area (Å²) in [4.78, 5) is 13.7. The number of halogens is 2. The van der Waals surface area contributed by atoms with Gasteiger partial charge in [0.1, 0.15) is 5.75 Å². The molecule has 0 saturated carbocycles. The first-order valence-electron chi connectivity index (χ1n) is 5.35. The van der Waals surface area contributed by atoms with Crippen LogP contribution in [-0.2, 0) is 4.79 Å². The van der Waals surface area contributed by atoms with Crippen LogP contribution >= 0.6 is 31.9 Å². The summed E-state index contributed by atoms with van der Waals surface area (Å²) in [6.45, 7) is 0.773. The highest BCUT2D eigenvalue weighted by Crippen LogP contribution is 2.32. The van der Waals surface area contributed by atoms with E-state index in [2.05, 4.69) is 31.9 Å². The van der Waals surface area contributed by atoms with E-state index in [0.717, 1.165) is 27.8 Å². The molecular formula is C12H13Br2NO2. The van der Waals surface area contributed by atoms with E-state index in [9.17, 15) is 4.79 Å². The second-order valence-corrected chi connectivity index (χ2v) is 5.55. The minimum Gasteiger partial charge on any atom is -0.495 e. The Hall–Kier alpha value is -0.550. The summed E-state index contributed by atoms with van der Waals surface area (Å²) in [6.07, 6.45) is 0.615. The largest absolute Gasteiger partial charge is 0.495 e. The van der Waals surface area contributed by atoms with Crippen molar-refractivity contribution in [3.63, 3.8) is 0 Å².